The first-order valence-electron chi connectivity index (χ1n) is 11.4. The number of benzene rings is 1. The summed E-state index contributed by atoms with van der Waals surface area (Å²) in [6.07, 6.45) is 8.26. The van der Waals surface area contributed by atoms with Crippen LogP contribution in [0.5, 0.6) is 0 Å². The van der Waals surface area contributed by atoms with Gasteiger partial charge in [-0.2, -0.15) is 0 Å². The van der Waals surface area contributed by atoms with Gasteiger partial charge in [-0.05, 0) is 95.6 Å². The van der Waals surface area contributed by atoms with Gasteiger partial charge in [-0.3, -0.25) is 4.90 Å². The van der Waals surface area contributed by atoms with Gasteiger partial charge in [0, 0.05) is 46.8 Å². The minimum atomic E-state index is 0.716. The molecule has 31 heavy (non-hydrogen) atoms. The van der Waals surface area contributed by atoms with E-state index in [0.717, 1.165) is 55.4 Å². The van der Waals surface area contributed by atoms with Crippen molar-refractivity contribution in [3.8, 4) is 12.0 Å². The van der Waals surface area contributed by atoms with Crippen LogP contribution in [-0.4, -0.2) is 47.6 Å². The second-order valence-corrected chi connectivity index (χ2v) is 9.26. The van der Waals surface area contributed by atoms with Crippen LogP contribution in [0, 0.1) is 12.0 Å². The smallest absolute Gasteiger partial charge is 0.0949 e. The lowest BCUT2D eigenvalue weighted by Gasteiger charge is -2.35. The normalized spacial score (nSPS) is 18.0. The Morgan fingerprint density at radius 3 is 2.65 bits per heavy atom. The molecule has 1 fully saturated rings. The van der Waals surface area contributed by atoms with Crippen LogP contribution in [-0.2, 0) is 13.1 Å². The molecule has 0 atom stereocenters. The van der Waals surface area contributed by atoms with E-state index in [9.17, 15) is 0 Å². The fraction of sp³-hybridized carbons (Fsp3) is 0.462. The Morgan fingerprint density at radius 2 is 1.97 bits per heavy atom. The molecular weight excluding hydrogens is 404 g/mol. The first-order chi connectivity index (χ1) is 15.0. The predicted molar refractivity (Wildman–Crippen MR) is 131 cm³/mol. The lowest BCUT2D eigenvalue weighted by atomic mass is 10.0. The molecule has 2 heterocycles. The number of nitrogens with zero attached hydrogens (tertiary/aromatic N) is 3. The van der Waals surface area contributed by atoms with Gasteiger partial charge < -0.3 is 14.8 Å². The molecule has 1 aromatic heterocycles. The molecule has 2 aliphatic rings. The molecule has 0 unspecified atom stereocenters. The average Bonchev–Trinajstić information content (AvgIpc) is 3.14. The average molecular weight is 437 g/mol. The highest BCUT2D eigenvalue weighted by Crippen LogP contribution is 2.26. The Bertz CT molecular complexity index is 1040. The van der Waals surface area contributed by atoms with Gasteiger partial charge in [0.1, 0.15) is 0 Å². The summed E-state index contributed by atoms with van der Waals surface area (Å²) in [6.45, 7) is 6.44. The fourth-order valence-electron chi connectivity index (χ4n) is 4.65. The van der Waals surface area contributed by atoms with E-state index < -0.39 is 0 Å². The SMILES string of the molecule is CCn1c(C#CNC2=CC=C(Cl)CC2)cc2c(CN3CCC(N(C)C)CC3)cccc21. The highest BCUT2D eigenvalue weighted by atomic mass is 35.5. The van der Waals surface area contributed by atoms with Gasteiger partial charge in [0.2, 0.25) is 0 Å². The summed E-state index contributed by atoms with van der Waals surface area (Å²) in [5.74, 6) is 3.35. The number of halogens is 1. The summed E-state index contributed by atoms with van der Waals surface area (Å²) in [5, 5.41) is 5.49. The number of rotatable bonds is 5. The summed E-state index contributed by atoms with van der Waals surface area (Å²) in [5.41, 5.74) is 4.87. The Hall–Kier alpha value is -2.19. The van der Waals surface area contributed by atoms with Crippen molar-refractivity contribution in [3.63, 3.8) is 0 Å². The fourth-order valence-corrected chi connectivity index (χ4v) is 4.81. The zero-order chi connectivity index (χ0) is 21.8. The molecule has 0 radical (unpaired) electrons. The number of nitrogens with one attached hydrogen (secondary N) is 1. The molecule has 1 N–H and O–H groups in total. The van der Waals surface area contributed by atoms with Crippen molar-refractivity contribution < 1.29 is 0 Å². The molecule has 4 rings (SSSR count). The second kappa shape index (κ2) is 9.96. The van der Waals surface area contributed by atoms with Crippen LogP contribution < -0.4 is 5.32 Å². The van der Waals surface area contributed by atoms with Crippen molar-refractivity contribution >= 4 is 22.5 Å². The Kier molecular flexibility index (Phi) is 7.07. The molecule has 164 valence electrons. The predicted octanol–water partition coefficient (Wildman–Crippen LogP) is 4.89. The molecule has 2 aromatic rings. The molecule has 0 saturated carbocycles. The van der Waals surface area contributed by atoms with Crippen LogP contribution in [0.4, 0.5) is 0 Å². The third kappa shape index (κ3) is 5.18. The van der Waals surface area contributed by atoms with Crippen molar-refractivity contribution in [2.75, 3.05) is 27.2 Å². The van der Waals surface area contributed by atoms with E-state index in [1.54, 1.807) is 0 Å². The Balaban J connectivity index is 1.52. The first-order valence-corrected chi connectivity index (χ1v) is 11.7. The summed E-state index contributed by atoms with van der Waals surface area (Å²) in [6, 6.07) is 12.8. The number of likely N-dealkylation sites (tertiary alicyclic amines) is 1. The number of aromatic nitrogens is 1. The third-order valence-corrected chi connectivity index (χ3v) is 6.86. The number of hydrogen-bond donors (Lipinski definition) is 1. The molecule has 5 heteroatoms. The van der Waals surface area contributed by atoms with Gasteiger partial charge in [0.05, 0.1) is 5.69 Å². The minimum Gasteiger partial charge on any atom is -0.334 e. The van der Waals surface area contributed by atoms with Crippen molar-refractivity contribution in [3.05, 3.63) is 58.4 Å². The van der Waals surface area contributed by atoms with E-state index in [-0.39, 0.29) is 0 Å². The zero-order valence-corrected chi connectivity index (χ0v) is 19.7. The number of piperidine rings is 1. The number of allylic oxidation sites excluding steroid dienone is 4. The molecule has 0 amide bonds. The molecular formula is C26H33ClN4. The highest BCUT2D eigenvalue weighted by Gasteiger charge is 2.21. The maximum Gasteiger partial charge on any atom is 0.0949 e. The van der Waals surface area contributed by atoms with Crippen LogP contribution >= 0.6 is 11.6 Å². The summed E-state index contributed by atoms with van der Waals surface area (Å²) in [4.78, 5) is 4.96. The lowest BCUT2D eigenvalue weighted by Crippen LogP contribution is -2.41. The van der Waals surface area contributed by atoms with Gasteiger partial charge in [-0.15, -0.1) is 0 Å². The Labute approximate surface area is 191 Å². The van der Waals surface area contributed by atoms with Crippen LogP contribution in [0.15, 0.2) is 47.1 Å². The highest BCUT2D eigenvalue weighted by molar-refractivity contribution is 6.29. The van der Waals surface area contributed by atoms with Crippen LogP contribution in [0.1, 0.15) is 43.9 Å². The topological polar surface area (TPSA) is 23.4 Å². The lowest BCUT2D eigenvalue weighted by molar-refractivity contribution is 0.140. The molecule has 0 spiro atoms. The summed E-state index contributed by atoms with van der Waals surface area (Å²) in [7, 11) is 4.39. The molecule has 0 bridgehead atoms. The van der Waals surface area contributed by atoms with E-state index in [2.05, 4.69) is 76.9 Å². The van der Waals surface area contributed by atoms with Crippen molar-refractivity contribution in [1.29, 1.82) is 0 Å². The largest absolute Gasteiger partial charge is 0.334 e. The second-order valence-electron chi connectivity index (χ2n) is 8.78. The summed E-state index contributed by atoms with van der Waals surface area (Å²) >= 11 is 6.05. The molecule has 1 saturated heterocycles. The van der Waals surface area contributed by atoms with E-state index in [0.29, 0.717) is 6.04 Å². The standard InChI is InChI=1S/C26H33ClN4/c1-4-31-24(12-15-28-22-10-8-21(27)9-11-22)18-25-20(6-5-7-26(25)31)19-30-16-13-23(14-17-30)29(2)3/h5-8,10,18,23,28H,4,9,11,13-14,16-17,19H2,1-3H3. The van der Waals surface area contributed by atoms with Gasteiger partial charge in [0.15, 0.2) is 0 Å². The van der Waals surface area contributed by atoms with Gasteiger partial charge in [0.25, 0.3) is 0 Å². The number of aryl methyl sites for hydroxylation is 1. The van der Waals surface area contributed by atoms with E-state index in [4.69, 9.17) is 11.6 Å². The van der Waals surface area contributed by atoms with E-state index in [1.165, 1.54) is 29.3 Å². The monoisotopic (exact) mass is 436 g/mol. The molecule has 1 aliphatic heterocycles. The minimum absolute atomic E-state index is 0.716. The van der Waals surface area contributed by atoms with Crippen LogP contribution in [0.25, 0.3) is 10.9 Å². The number of hydrogen-bond acceptors (Lipinski definition) is 3. The van der Waals surface area contributed by atoms with Gasteiger partial charge >= 0.3 is 0 Å². The quantitative estimate of drug-likeness (QED) is 0.533. The van der Waals surface area contributed by atoms with Crippen molar-refractivity contribution in [2.45, 2.75) is 51.7 Å². The van der Waals surface area contributed by atoms with E-state index in [1.807, 2.05) is 12.2 Å². The van der Waals surface area contributed by atoms with Crippen molar-refractivity contribution in [1.82, 2.24) is 19.7 Å². The number of fused-ring (bicyclic) bond motifs is 1. The zero-order valence-electron chi connectivity index (χ0n) is 18.9. The Morgan fingerprint density at radius 1 is 1.16 bits per heavy atom. The maximum atomic E-state index is 6.05. The van der Waals surface area contributed by atoms with Crippen LogP contribution in [0.2, 0.25) is 0 Å². The first kappa shape index (κ1) is 22.0. The third-order valence-electron chi connectivity index (χ3n) is 6.55. The molecule has 1 aliphatic carbocycles. The molecule has 1 aromatic carbocycles. The molecule has 4 nitrogen and oxygen atoms in total. The van der Waals surface area contributed by atoms with Gasteiger partial charge in [-0.25, -0.2) is 0 Å². The summed E-state index contributed by atoms with van der Waals surface area (Å²) < 4.78 is 2.32. The van der Waals surface area contributed by atoms with Crippen molar-refractivity contribution in [2.24, 2.45) is 0 Å². The van der Waals surface area contributed by atoms with E-state index >= 15 is 0 Å². The maximum absolute atomic E-state index is 6.05. The van der Waals surface area contributed by atoms with Gasteiger partial charge in [-0.1, -0.05) is 23.7 Å². The van der Waals surface area contributed by atoms with Crippen LogP contribution in [0.3, 0.4) is 0 Å².